The molecular weight excluding hydrogens is 504 g/mol. The molecule has 2 bridgehead atoms. The predicted octanol–water partition coefficient (Wildman–Crippen LogP) is 5.13. The average Bonchev–Trinajstić information content (AvgIpc) is 3.03. The van der Waals surface area contributed by atoms with Crippen LogP contribution in [0.4, 0.5) is 0 Å². The van der Waals surface area contributed by atoms with Crippen molar-refractivity contribution >= 4 is 11.9 Å². The summed E-state index contributed by atoms with van der Waals surface area (Å²) in [4.78, 5) is 36.0. The number of esters is 2. The quantitative estimate of drug-likeness (QED) is 0.205. The van der Waals surface area contributed by atoms with Crippen LogP contribution < -0.4 is 0 Å². The Hall–Kier alpha value is -5.14. The highest BCUT2D eigenvalue weighted by Gasteiger charge is 2.58. The first kappa shape index (κ1) is 25.2. The lowest BCUT2D eigenvalue weighted by molar-refractivity contribution is -0.401. The highest BCUT2D eigenvalue weighted by molar-refractivity contribution is 5.89. The largest absolute Gasteiger partial charge is 0.465 e. The van der Waals surface area contributed by atoms with Gasteiger partial charge in [-0.3, -0.25) is 0 Å². The van der Waals surface area contributed by atoms with E-state index in [9.17, 15) is 9.59 Å². The Balaban J connectivity index is 1.45. The second kappa shape index (κ2) is 9.87. The molecule has 0 N–H and O–H groups in total. The smallest absolute Gasteiger partial charge is 0.337 e. The molecule has 0 saturated carbocycles. The van der Waals surface area contributed by atoms with E-state index in [-0.39, 0.29) is 0 Å². The van der Waals surface area contributed by atoms with Crippen LogP contribution in [0.5, 0.6) is 0 Å². The zero-order chi connectivity index (χ0) is 27.7. The summed E-state index contributed by atoms with van der Waals surface area (Å²) in [6.45, 7) is 0. The first-order chi connectivity index (χ1) is 19.5. The normalized spacial score (nSPS) is 19.6. The molecule has 0 radical (unpaired) electrons. The highest BCUT2D eigenvalue weighted by atomic mass is 17.2. The number of benzene rings is 4. The van der Waals surface area contributed by atoms with Gasteiger partial charge in [-0.05, 0) is 60.4 Å². The molecule has 4 aromatic rings. The number of methoxy groups -OCH3 is 2. The van der Waals surface area contributed by atoms with E-state index in [1.54, 1.807) is 48.5 Å². The molecule has 0 saturated heterocycles. The van der Waals surface area contributed by atoms with Crippen LogP contribution in [-0.4, -0.2) is 26.2 Å². The lowest BCUT2D eigenvalue weighted by Crippen LogP contribution is -2.51. The van der Waals surface area contributed by atoms with Gasteiger partial charge >= 0.3 is 11.9 Å². The van der Waals surface area contributed by atoms with Crippen molar-refractivity contribution in [3.05, 3.63) is 142 Å². The molecule has 6 heteroatoms. The molecule has 1 aliphatic carbocycles. The summed E-state index contributed by atoms with van der Waals surface area (Å²) in [5.41, 5.74) is 3.31. The Morgan fingerprint density at radius 3 is 1.18 bits per heavy atom. The minimum absolute atomic E-state index is 0.408. The molecule has 7 rings (SSSR count). The molecule has 0 spiro atoms. The predicted molar refractivity (Wildman–Crippen MR) is 146 cm³/mol. The van der Waals surface area contributed by atoms with Crippen molar-refractivity contribution in [1.82, 2.24) is 0 Å². The standard InChI is InChI=1S/C34H22O6/c1-37-31(35)25-15-11-23(12-16-25)19-21-33-27-7-3-5-9-29(27)34(40-39-33,30-10-6-4-8-28(30)33)22-20-24-13-17-26(18-14-24)32(36)38-2/h3-18H,1-2H3. The minimum Gasteiger partial charge on any atom is -0.465 e. The van der Waals surface area contributed by atoms with Gasteiger partial charge in [-0.25, -0.2) is 19.4 Å². The molecule has 194 valence electrons. The van der Waals surface area contributed by atoms with Gasteiger partial charge in [0.25, 0.3) is 0 Å². The molecule has 6 nitrogen and oxygen atoms in total. The first-order valence-corrected chi connectivity index (χ1v) is 12.5. The van der Waals surface area contributed by atoms with E-state index in [4.69, 9.17) is 19.2 Å². The van der Waals surface area contributed by atoms with Crippen LogP contribution >= 0.6 is 0 Å². The fraction of sp³-hybridized carbons (Fsp3) is 0.118. The lowest BCUT2D eigenvalue weighted by atomic mass is 9.67. The average molecular weight is 527 g/mol. The van der Waals surface area contributed by atoms with E-state index < -0.39 is 23.1 Å². The van der Waals surface area contributed by atoms with Crippen molar-refractivity contribution in [2.75, 3.05) is 14.2 Å². The fourth-order valence-electron chi connectivity index (χ4n) is 5.04. The van der Waals surface area contributed by atoms with Gasteiger partial charge in [0.1, 0.15) is 0 Å². The van der Waals surface area contributed by atoms with Crippen molar-refractivity contribution in [3.8, 4) is 23.7 Å². The lowest BCUT2D eigenvalue weighted by Gasteiger charge is -2.49. The van der Waals surface area contributed by atoms with Gasteiger partial charge in [0.2, 0.25) is 11.2 Å². The van der Waals surface area contributed by atoms with Gasteiger partial charge in [-0.2, -0.15) is 0 Å². The molecule has 0 atom stereocenters. The third kappa shape index (κ3) is 3.95. The number of carbonyl (C=O) groups is 2. The monoisotopic (exact) mass is 526 g/mol. The number of hydrogen-bond acceptors (Lipinski definition) is 6. The maximum absolute atomic E-state index is 11.8. The van der Waals surface area contributed by atoms with Crippen LogP contribution in [0, 0.1) is 23.7 Å². The number of ether oxygens (including phenoxy) is 2. The SMILES string of the molecule is COC(=O)c1ccc(C#CC23OOC(C#Cc4ccc(C(=O)OC)cc4)(c4ccccc42)c2ccccc23)cc1. The molecule has 0 aromatic heterocycles. The minimum atomic E-state index is -1.18. The Morgan fingerprint density at radius 2 is 0.875 bits per heavy atom. The van der Waals surface area contributed by atoms with Crippen LogP contribution in [0.1, 0.15) is 54.1 Å². The number of carbonyl (C=O) groups excluding carboxylic acids is 2. The van der Waals surface area contributed by atoms with Gasteiger partial charge in [0, 0.05) is 33.4 Å². The van der Waals surface area contributed by atoms with Crippen LogP contribution in [0.3, 0.4) is 0 Å². The van der Waals surface area contributed by atoms with E-state index in [0.717, 1.165) is 22.3 Å². The summed E-state index contributed by atoms with van der Waals surface area (Å²) in [6, 6.07) is 29.4. The summed E-state index contributed by atoms with van der Waals surface area (Å²) in [5, 5.41) is 0. The second-order valence-electron chi connectivity index (χ2n) is 9.26. The van der Waals surface area contributed by atoms with Crippen LogP contribution in [-0.2, 0) is 30.5 Å². The summed E-state index contributed by atoms with van der Waals surface area (Å²) >= 11 is 0. The molecule has 0 fully saturated rings. The van der Waals surface area contributed by atoms with E-state index in [1.807, 2.05) is 48.5 Å². The van der Waals surface area contributed by atoms with Gasteiger partial charge in [0.15, 0.2) is 0 Å². The molecule has 40 heavy (non-hydrogen) atoms. The van der Waals surface area contributed by atoms with Crippen molar-refractivity contribution < 1.29 is 28.8 Å². The second-order valence-corrected chi connectivity index (χ2v) is 9.26. The van der Waals surface area contributed by atoms with E-state index in [2.05, 4.69) is 23.7 Å². The molecule has 2 aliphatic heterocycles. The molecular formula is C34H22O6. The van der Waals surface area contributed by atoms with Crippen molar-refractivity contribution in [1.29, 1.82) is 0 Å². The van der Waals surface area contributed by atoms with Gasteiger partial charge in [-0.1, -0.05) is 60.4 Å². The number of hydrogen-bond donors (Lipinski definition) is 0. The van der Waals surface area contributed by atoms with E-state index in [1.165, 1.54) is 14.2 Å². The zero-order valence-electron chi connectivity index (χ0n) is 21.7. The van der Waals surface area contributed by atoms with Crippen molar-refractivity contribution in [2.45, 2.75) is 11.2 Å². The van der Waals surface area contributed by atoms with Crippen molar-refractivity contribution in [2.24, 2.45) is 0 Å². The highest BCUT2D eigenvalue weighted by Crippen LogP contribution is 2.56. The topological polar surface area (TPSA) is 71.1 Å². The first-order valence-electron chi connectivity index (χ1n) is 12.5. The van der Waals surface area contributed by atoms with Gasteiger partial charge in [-0.15, -0.1) is 0 Å². The molecule has 2 heterocycles. The Labute approximate surface area is 231 Å². The maximum Gasteiger partial charge on any atom is 0.337 e. The van der Waals surface area contributed by atoms with Gasteiger partial charge < -0.3 is 9.47 Å². The summed E-state index contributed by atoms with van der Waals surface area (Å²) < 4.78 is 9.57. The van der Waals surface area contributed by atoms with E-state index >= 15 is 0 Å². The van der Waals surface area contributed by atoms with Crippen LogP contribution in [0.15, 0.2) is 97.1 Å². The van der Waals surface area contributed by atoms with Crippen LogP contribution in [0.2, 0.25) is 0 Å². The van der Waals surface area contributed by atoms with Crippen molar-refractivity contribution in [3.63, 3.8) is 0 Å². The third-order valence-corrected chi connectivity index (χ3v) is 7.04. The zero-order valence-corrected chi connectivity index (χ0v) is 21.7. The molecule has 3 aliphatic rings. The number of fused-ring (bicyclic) bond motifs is 1. The van der Waals surface area contributed by atoms with E-state index in [0.29, 0.717) is 22.3 Å². The maximum atomic E-state index is 11.8. The Morgan fingerprint density at radius 1 is 0.550 bits per heavy atom. The summed E-state index contributed by atoms with van der Waals surface area (Å²) in [5.74, 6) is 12.2. The van der Waals surface area contributed by atoms with Gasteiger partial charge in [0.05, 0.1) is 25.3 Å². The summed E-state index contributed by atoms with van der Waals surface area (Å²) in [7, 11) is 2.69. The molecule has 4 aromatic carbocycles. The molecule has 0 unspecified atom stereocenters. The third-order valence-electron chi connectivity index (χ3n) is 7.04. The summed E-state index contributed by atoms with van der Waals surface area (Å²) in [6.07, 6.45) is 0. The number of rotatable bonds is 2. The Kier molecular flexibility index (Phi) is 6.21. The molecule has 0 amide bonds. The fourth-order valence-corrected chi connectivity index (χ4v) is 5.04. The van der Waals surface area contributed by atoms with Crippen LogP contribution in [0.25, 0.3) is 0 Å². The Bertz CT molecular complexity index is 1580.